The van der Waals surface area contributed by atoms with Gasteiger partial charge in [-0.2, -0.15) is 0 Å². The molecular formula is C15H20N2S. The zero-order chi connectivity index (χ0) is 13.3. The minimum absolute atomic E-state index is 0.191. The molecule has 2 rings (SSSR count). The molecule has 18 heavy (non-hydrogen) atoms. The molecule has 0 aliphatic rings. The minimum atomic E-state index is 0.191. The Kier molecular flexibility index (Phi) is 3.83. The number of hydrogen-bond acceptors (Lipinski definition) is 3. The van der Waals surface area contributed by atoms with Crippen molar-refractivity contribution in [3.63, 3.8) is 0 Å². The maximum Gasteiger partial charge on any atom is 0.123 e. The fraction of sp³-hybridized carbons (Fsp3) is 0.400. The van der Waals surface area contributed by atoms with Gasteiger partial charge in [-0.15, -0.1) is 11.3 Å². The summed E-state index contributed by atoms with van der Waals surface area (Å²) in [5.41, 5.74) is 10.8. The molecule has 0 amide bonds. The fourth-order valence-electron chi connectivity index (χ4n) is 1.91. The zero-order valence-corrected chi connectivity index (χ0v) is 12.3. The molecular weight excluding hydrogens is 240 g/mol. The molecule has 96 valence electrons. The molecule has 0 spiro atoms. The number of rotatable bonds is 3. The highest BCUT2D eigenvalue weighted by molar-refractivity contribution is 7.15. The summed E-state index contributed by atoms with van der Waals surface area (Å²) in [5.74, 6) is 0. The molecule has 0 saturated carbocycles. The van der Waals surface area contributed by atoms with E-state index < -0.39 is 0 Å². The van der Waals surface area contributed by atoms with Gasteiger partial charge in [-0.1, -0.05) is 12.1 Å². The highest BCUT2D eigenvalue weighted by Crippen LogP contribution is 2.29. The van der Waals surface area contributed by atoms with Gasteiger partial charge in [-0.25, -0.2) is 4.98 Å². The Morgan fingerprint density at radius 2 is 1.94 bits per heavy atom. The summed E-state index contributed by atoms with van der Waals surface area (Å²) < 4.78 is 0. The number of aromatic nitrogens is 1. The average molecular weight is 260 g/mol. The summed E-state index contributed by atoms with van der Waals surface area (Å²) >= 11 is 1.76. The molecule has 2 N–H and O–H groups in total. The van der Waals surface area contributed by atoms with Gasteiger partial charge in [-0.05, 0) is 51.3 Å². The van der Waals surface area contributed by atoms with Crippen molar-refractivity contribution in [3.05, 3.63) is 39.9 Å². The van der Waals surface area contributed by atoms with Gasteiger partial charge in [0.1, 0.15) is 5.01 Å². The summed E-state index contributed by atoms with van der Waals surface area (Å²) in [6, 6.07) is 6.71. The number of benzene rings is 1. The number of nitrogens with two attached hydrogens (primary N) is 1. The van der Waals surface area contributed by atoms with E-state index in [2.05, 4.69) is 44.0 Å². The number of thiazole rings is 1. The molecule has 1 aromatic carbocycles. The van der Waals surface area contributed by atoms with Crippen molar-refractivity contribution in [2.24, 2.45) is 5.73 Å². The summed E-state index contributed by atoms with van der Waals surface area (Å²) in [4.78, 5) is 5.97. The molecule has 1 heterocycles. The van der Waals surface area contributed by atoms with Crippen molar-refractivity contribution in [2.75, 3.05) is 0 Å². The highest BCUT2D eigenvalue weighted by atomic mass is 32.1. The Hall–Kier alpha value is -1.19. The second-order valence-electron chi connectivity index (χ2n) is 5.01. The lowest BCUT2D eigenvalue weighted by molar-refractivity contribution is 0.742. The van der Waals surface area contributed by atoms with Crippen LogP contribution in [0, 0.1) is 20.8 Å². The third-order valence-corrected chi connectivity index (χ3v) is 4.38. The van der Waals surface area contributed by atoms with Gasteiger partial charge in [0.15, 0.2) is 0 Å². The largest absolute Gasteiger partial charge is 0.328 e. The van der Waals surface area contributed by atoms with E-state index in [-0.39, 0.29) is 6.04 Å². The van der Waals surface area contributed by atoms with Crippen LogP contribution in [0.25, 0.3) is 10.6 Å². The quantitative estimate of drug-likeness (QED) is 0.915. The van der Waals surface area contributed by atoms with Gasteiger partial charge in [0.05, 0.1) is 5.69 Å². The average Bonchev–Trinajstić information content (AvgIpc) is 2.63. The minimum Gasteiger partial charge on any atom is -0.328 e. The van der Waals surface area contributed by atoms with Gasteiger partial charge in [-0.3, -0.25) is 0 Å². The third kappa shape index (κ3) is 2.79. The number of aryl methyl sites for hydroxylation is 3. The molecule has 1 atom stereocenters. The van der Waals surface area contributed by atoms with Crippen molar-refractivity contribution in [2.45, 2.75) is 40.2 Å². The van der Waals surface area contributed by atoms with E-state index in [1.54, 1.807) is 11.3 Å². The van der Waals surface area contributed by atoms with Gasteiger partial charge < -0.3 is 5.73 Å². The smallest absolute Gasteiger partial charge is 0.123 e. The standard InChI is InChI=1S/C15H20N2S/c1-9-5-6-13(7-10(9)2)15-17-12(4)14(18-15)8-11(3)16/h5-7,11H,8,16H2,1-4H3. The monoisotopic (exact) mass is 260 g/mol. The van der Waals surface area contributed by atoms with Crippen LogP contribution in [-0.2, 0) is 6.42 Å². The number of nitrogens with zero attached hydrogens (tertiary/aromatic N) is 1. The predicted octanol–water partition coefficient (Wildman–Crippen LogP) is 3.63. The van der Waals surface area contributed by atoms with Gasteiger partial charge in [0.25, 0.3) is 0 Å². The van der Waals surface area contributed by atoms with Crippen LogP contribution in [0.15, 0.2) is 18.2 Å². The van der Waals surface area contributed by atoms with Gasteiger partial charge in [0, 0.05) is 16.5 Å². The van der Waals surface area contributed by atoms with E-state index in [1.165, 1.54) is 21.6 Å². The Labute approximate surface area is 113 Å². The van der Waals surface area contributed by atoms with Crippen LogP contribution < -0.4 is 5.73 Å². The predicted molar refractivity (Wildman–Crippen MR) is 79.1 cm³/mol. The van der Waals surface area contributed by atoms with E-state index >= 15 is 0 Å². The molecule has 0 aliphatic heterocycles. The molecule has 0 bridgehead atoms. The summed E-state index contributed by atoms with van der Waals surface area (Å²) in [7, 11) is 0. The van der Waals surface area contributed by atoms with Crippen molar-refractivity contribution in [1.82, 2.24) is 4.98 Å². The number of hydrogen-bond donors (Lipinski definition) is 1. The van der Waals surface area contributed by atoms with E-state index in [1.807, 2.05) is 6.92 Å². The third-order valence-electron chi connectivity index (χ3n) is 3.15. The second kappa shape index (κ2) is 5.21. The maximum absolute atomic E-state index is 5.86. The Bertz CT molecular complexity index is 556. The van der Waals surface area contributed by atoms with Crippen LogP contribution in [0.3, 0.4) is 0 Å². The van der Waals surface area contributed by atoms with Gasteiger partial charge >= 0.3 is 0 Å². The van der Waals surface area contributed by atoms with Crippen LogP contribution in [-0.4, -0.2) is 11.0 Å². The van der Waals surface area contributed by atoms with Crippen LogP contribution in [0.1, 0.15) is 28.6 Å². The molecule has 0 radical (unpaired) electrons. The highest BCUT2D eigenvalue weighted by Gasteiger charge is 2.11. The fourth-order valence-corrected chi connectivity index (χ4v) is 3.11. The topological polar surface area (TPSA) is 38.9 Å². The van der Waals surface area contributed by atoms with Crippen molar-refractivity contribution >= 4 is 11.3 Å². The van der Waals surface area contributed by atoms with Gasteiger partial charge in [0.2, 0.25) is 0 Å². The Morgan fingerprint density at radius 1 is 1.22 bits per heavy atom. The lowest BCUT2D eigenvalue weighted by Crippen LogP contribution is -2.17. The van der Waals surface area contributed by atoms with Crippen molar-refractivity contribution in [3.8, 4) is 10.6 Å². The van der Waals surface area contributed by atoms with E-state index in [0.717, 1.165) is 17.1 Å². The molecule has 1 aromatic heterocycles. The second-order valence-corrected chi connectivity index (χ2v) is 6.09. The SMILES string of the molecule is Cc1ccc(-c2nc(C)c(CC(C)N)s2)cc1C. The normalized spacial score (nSPS) is 12.7. The maximum atomic E-state index is 5.86. The molecule has 2 nitrogen and oxygen atoms in total. The van der Waals surface area contributed by atoms with Crippen LogP contribution in [0.2, 0.25) is 0 Å². The van der Waals surface area contributed by atoms with Crippen LogP contribution in [0.5, 0.6) is 0 Å². The van der Waals surface area contributed by atoms with E-state index in [0.29, 0.717) is 0 Å². The van der Waals surface area contributed by atoms with Crippen molar-refractivity contribution in [1.29, 1.82) is 0 Å². The molecule has 3 heteroatoms. The van der Waals surface area contributed by atoms with E-state index in [4.69, 9.17) is 5.73 Å². The first-order valence-electron chi connectivity index (χ1n) is 6.27. The first-order chi connectivity index (χ1) is 8.47. The molecule has 0 fully saturated rings. The molecule has 0 saturated heterocycles. The molecule has 2 aromatic rings. The lowest BCUT2D eigenvalue weighted by atomic mass is 10.1. The lowest BCUT2D eigenvalue weighted by Gasteiger charge is -2.02. The Balaban J connectivity index is 2.36. The molecule has 0 aliphatic carbocycles. The van der Waals surface area contributed by atoms with E-state index in [9.17, 15) is 0 Å². The first kappa shape index (κ1) is 13.2. The van der Waals surface area contributed by atoms with Crippen molar-refractivity contribution < 1.29 is 0 Å². The van der Waals surface area contributed by atoms with Crippen LogP contribution in [0.4, 0.5) is 0 Å². The summed E-state index contributed by atoms with van der Waals surface area (Å²) in [6.45, 7) is 8.38. The Morgan fingerprint density at radius 3 is 2.56 bits per heavy atom. The zero-order valence-electron chi connectivity index (χ0n) is 11.4. The summed E-state index contributed by atoms with van der Waals surface area (Å²) in [5, 5.41) is 1.10. The first-order valence-corrected chi connectivity index (χ1v) is 7.08. The van der Waals surface area contributed by atoms with Crippen LogP contribution >= 0.6 is 11.3 Å². The summed E-state index contributed by atoms with van der Waals surface area (Å²) in [6.07, 6.45) is 0.911. The molecule has 1 unspecified atom stereocenters.